The van der Waals surface area contributed by atoms with Crippen LogP contribution in [0.4, 0.5) is 0 Å². The van der Waals surface area contributed by atoms with Gasteiger partial charge in [-0.2, -0.15) is 0 Å². The quantitative estimate of drug-likeness (QED) is 0.629. The Morgan fingerprint density at radius 3 is 2.54 bits per heavy atom. The molecule has 0 aliphatic rings. The molecule has 0 heterocycles. The average Bonchev–Trinajstić information content (AvgIpc) is 2.08. The third kappa shape index (κ3) is 2.55. The van der Waals surface area contributed by atoms with Gasteiger partial charge in [-0.05, 0) is 38.0 Å². The van der Waals surface area contributed by atoms with Crippen molar-refractivity contribution in [3.8, 4) is 0 Å². The fourth-order valence-corrected chi connectivity index (χ4v) is 1.20. The number of hydrogen-bond donors (Lipinski definition) is 0. The number of aldehydes is 1. The predicted molar refractivity (Wildman–Crippen MR) is 55.9 cm³/mol. The van der Waals surface area contributed by atoms with E-state index in [1.165, 1.54) is 11.1 Å². The van der Waals surface area contributed by atoms with Gasteiger partial charge < -0.3 is 0 Å². The summed E-state index contributed by atoms with van der Waals surface area (Å²) in [5.74, 6) is 0. The van der Waals surface area contributed by atoms with E-state index in [9.17, 15) is 4.79 Å². The number of hydrogen-bond acceptors (Lipinski definition) is 1. The van der Waals surface area contributed by atoms with Gasteiger partial charge >= 0.3 is 0 Å². The second-order valence-corrected chi connectivity index (χ2v) is 3.46. The number of allylic oxidation sites excluding steroid dienone is 1. The number of rotatable bonds is 2. The molecule has 1 heteroatoms. The van der Waals surface area contributed by atoms with Crippen LogP contribution in [-0.4, -0.2) is 6.29 Å². The van der Waals surface area contributed by atoms with E-state index < -0.39 is 0 Å². The summed E-state index contributed by atoms with van der Waals surface area (Å²) in [4.78, 5) is 10.5. The molecule has 0 aliphatic heterocycles. The molecule has 1 aromatic carbocycles. The van der Waals surface area contributed by atoms with Crippen molar-refractivity contribution in [2.45, 2.75) is 20.8 Å². The van der Waals surface area contributed by atoms with Gasteiger partial charge in [0.05, 0.1) is 0 Å². The van der Waals surface area contributed by atoms with E-state index in [0.29, 0.717) is 0 Å². The lowest BCUT2D eigenvalue weighted by Crippen LogP contribution is -1.85. The monoisotopic (exact) mass is 174 g/mol. The molecule has 0 aromatic heterocycles. The van der Waals surface area contributed by atoms with E-state index in [1.54, 1.807) is 0 Å². The minimum atomic E-state index is 0.734. The second kappa shape index (κ2) is 4.04. The summed E-state index contributed by atoms with van der Waals surface area (Å²) in [5.41, 5.74) is 4.31. The maximum Gasteiger partial charge on any atom is 0.150 e. The molecule has 0 amide bonds. The second-order valence-electron chi connectivity index (χ2n) is 3.46. The lowest BCUT2D eigenvalue weighted by Gasteiger charge is -2.01. The van der Waals surface area contributed by atoms with Gasteiger partial charge in [0.25, 0.3) is 0 Å². The highest BCUT2D eigenvalue weighted by atomic mass is 16.1. The number of carbonyl (C=O) groups excluding carboxylic acids is 1. The van der Waals surface area contributed by atoms with E-state index in [0.717, 1.165) is 17.4 Å². The van der Waals surface area contributed by atoms with Gasteiger partial charge in [-0.1, -0.05) is 23.8 Å². The summed E-state index contributed by atoms with van der Waals surface area (Å²) in [6, 6.07) is 5.72. The summed E-state index contributed by atoms with van der Waals surface area (Å²) in [6.07, 6.45) is 2.96. The van der Waals surface area contributed by atoms with E-state index in [4.69, 9.17) is 0 Å². The molecule has 0 bridgehead atoms. The van der Waals surface area contributed by atoms with Gasteiger partial charge in [0.2, 0.25) is 0 Å². The Kier molecular flexibility index (Phi) is 3.02. The Balaban J connectivity index is 3.18. The van der Waals surface area contributed by atoms with Gasteiger partial charge in [0.15, 0.2) is 0 Å². The van der Waals surface area contributed by atoms with Gasteiger partial charge in [-0.25, -0.2) is 0 Å². The zero-order chi connectivity index (χ0) is 9.84. The Hall–Kier alpha value is -1.37. The largest absolute Gasteiger partial charge is 0.298 e. The normalized spacial score (nSPS) is 9.46. The highest BCUT2D eigenvalue weighted by Gasteiger charge is 1.96. The SMILES string of the molecule is CC(C)=Cc1cc(C=O)ccc1C. The number of benzene rings is 1. The van der Waals surface area contributed by atoms with E-state index >= 15 is 0 Å². The third-order valence-corrected chi connectivity index (χ3v) is 1.88. The molecule has 0 N–H and O–H groups in total. The minimum Gasteiger partial charge on any atom is -0.298 e. The molecule has 1 rings (SSSR count). The molecule has 13 heavy (non-hydrogen) atoms. The van der Waals surface area contributed by atoms with Crippen LogP contribution in [0, 0.1) is 6.92 Å². The highest BCUT2D eigenvalue weighted by molar-refractivity contribution is 5.77. The van der Waals surface area contributed by atoms with E-state index in [1.807, 2.05) is 39.0 Å². The first kappa shape index (κ1) is 9.72. The van der Waals surface area contributed by atoms with E-state index in [-0.39, 0.29) is 0 Å². The Morgan fingerprint density at radius 2 is 2.00 bits per heavy atom. The van der Waals surface area contributed by atoms with Crippen LogP contribution in [0.5, 0.6) is 0 Å². The molecular formula is C12H14O. The van der Waals surface area contributed by atoms with Crippen LogP contribution in [-0.2, 0) is 0 Å². The summed E-state index contributed by atoms with van der Waals surface area (Å²) in [6.45, 7) is 6.14. The molecule has 0 fully saturated rings. The lowest BCUT2D eigenvalue weighted by atomic mass is 10.0. The van der Waals surface area contributed by atoms with Gasteiger partial charge in [-0.15, -0.1) is 0 Å². The molecule has 0 radical (unpaired) electrons. The topological polar surface area (TPSA) is 17.1 Å². The van der Waals surface area contributed by atoms with Crippen LogP contribution in [0.25, 0.3) is 6.08 Å². The molecule has 1 aromatic rings. The number of aryl methyl sites for hydroxylation is 1. The van der Waals surface area contributed by atoms with Crippen LogP contribution < -0.4 is 0 Å². The molecule has 0 aliphatic carbocycles. The number of carbonyl (C=O) groups is 1. The fraction of sp³-hybridized carbons (Fsp3) is 0.250. The molecule has 68 valence electrons. The van der Waals surface area contributed by atoms with Crippen molar-refractivity contribution in [1.82, 2.24) is 0 Å². The first-order valence-electron chi connectivity index (χ1n) is 4.34. The zero-order valence-corrected chi connectivity index (χ0v) is 8.29. The molecule has 0 unspecified atom stereocenters. The maximum absolute atomic E-state index is 10.5. The standard InChI is InChI=1S/C12H14O/c1-9(2)6-12-7-11(8-13)5-4-10(12)3/h4-8H,1-3H3. The van der Waals surface area contributed by atoms with Crippen LogP contribution >= 0.6 is 0 Å². The maximum atomic E-state index is 10.5. The van der Waals surface area contributed by atoms with Crippen molar-refractivity contribution < 1.29 is 4.79 Å². The van der Waals surface area contributed by atoms with Gasteiger partial charge in [0, 0.05) is 5.56 Å². The van der Waals surface area contributed by atoms with E-state index in [2.05, 4.69) is 6.08 Å². The third-order valence-electron chi connectivity index (χ3n) is 1.88. The first-order chi connectivity index (χ1) is 6.13. The van der Waals surface area contributed by atoms with Crippen LogP contribution in [0.3, 0.4) is 0 Å². The first-order valence-corrected chi connectivity index (χ1v) is 4.34. The van der Waals surface area contributed by atoms with Crippen LogP contribution in [0.15, 0.2) is 23.8 Å². The molecule has 0 saturated heterocycles. The van der Waals surface area contributed by atoms with Crippen molar-refractivity contribution in [3.63, 3.8) is 0 Å². The van der Waals surface area contributed by atoms with Crippen LogP contribution in [0.1, 0.15) is 35.3 Å². The highest BCUT2D eigenvalue weighted by Crippen LogP contribution is 2.13. The molecular weight excluding hydrogens is 160 g/mol. The molecule has 1 nitrogen and oxygen atoms in total. The summed E-state index contributed by atoms with van der Waals surface area (Å²) in [5, 5.41) is 0. The summed E-state index contributed by atoms with van der Waals surface area (Å²) >= 11 is 0. The average molecular weight is 174 g/mol. The van der Waals surface area contributed by atoms with Gasteiger partial charge in [0.1, 0.15) is 6.29 Å². The fourth-order valence-electron chi connectivity index (χ4n) is 1.20. The lowest BCUT2D eigenvalue weighted by molar-refractivity contribution is 0.112. The summed E-state index contributed by atoms with van der Waals surface area (Å²) in [7, 11) is 0. The Labute approximate surface area is 79.1 Å². The minimum absolute atomic E-state index is 0.734. The van der Waals surface area contributed by atoms with Crippen LogP contribution in [0.2, 0.25) is 0 Å². The Morgan fingerprint density at radius 1 is 1.31 bits per heavy atom. The zero-order valence-electron chi connectivity index (χ0n) is 8.29. The molecule has 0 saturated carbocycles. The smallest absolute Gasteiger partial charge is 0.150 e. The molecule has 0 atom stereocenters. The van der Waals surface area contributed by atoms with Gasteiger partial charge in [-0.3, -0.25) is 4.79 Å². The Bertz CT molecular complexity index is 344. The van der Waals surface area contributed by atoms with Crippen molar-refractivity contribution in [3.05, 3.63) is 40.5 Å². The predicted octanol–water partition coefficient (Wildman–Crippen LogP) is 3.23. The van der Waals surface area contributed by atoms with Crippen molar-refractivity contribution in [1.29, 1.82) is 0 Å². The van der Waals surface area contributed by atoms with Crippen molar-refractivity contribution in [2.24, 2.45) is 0 Å². The summed E-state index contributed by atoms with van der Waals surface area (Å²) < 4.78 is 0. The van der Waals surface area contributed by atoms with Crippen molar-refractivity contribution >= 4 is 12.4 Å². The molecule has 0 spiro atoms. The van der Waals surface area contributed by atoms with Crippen molar-refractivity contribution in [2.75, 3.05) is 0 Å².